The van der Waals surface area contributed by atoms with E-state index < -0.39 is 29.7 Å². The first kappa shape index (κ1) is 14.3. The number of aliphatic carboxylic acids is 1. The fraction of sp³-hybridized carbons (Fsp3) is 0.727. The van der Waals surface area contributed by atoms with Gasteiger partial charge in [-0.25, -0.2) is 4.79 Å². The lowest BCUT2D eigenvalue weighted by atomic mass is 10.0. The van der Waals surface area contributed by atoms with Crippen molar-refractivity contribution in [3.8, 4) is 0 Å². The van der Waals surface area contributed by atoms with Crippen molar-refractivity contribution < 1.29 is 29.0 Å². The Morgan fingerprint density at radius 2 is 2.17 bits per heavy atom. The summed E-state index contributed by atoms with van der Waals surface area (Å²) in [6, 6.07) is 0. The van der Waals surface area contributed by atoms with Gasteiger partial charge in [-0.15, -0.1) is 0 Å². The molecule has 1 amide bonds. The van der Waals surface area contributed by atoms with E-state index in [0.29, 0.717) is 0 Å². The van der Waals surface area contributed by atoms with Gasteiger partial charge in [-0.05, 0) is 20.3 Å². The molecule has 7 nitrogen and oxygen atoms in total. The molecule has 102 valence electrons. The second-order valence-corrected chi connectivity index (χ2v) is 4.60. The van der Waals surface area contributed by atoms with Crippen molar-refractivity contribution in [2.45, 2.75) is 44.8 Å². The number of carbonyl (C=O) groups excluding carboxylic acids is 2. The van der Waals surface area contributed by atoms with Crippen LogP contribution in [0, 0.1) is 0 Å². The van der Waals surface area contributed by atoms with Crippen LogP contribution in [0.3, 0.4) is 0 Å². The number of rotatable bonds is 6. The van der Waals surface area contributed by atoms with Crippen LogP contribution < -0.4 is 5.32 Å². The zero-order valence-electron chi connectivity index (χ0n) is 10.4. The maximum atomic E-state index is 11.5. The Hall–Kier alpha value is -1.79. The van der Waals surface area contributed by atoms with Gasteiger partial charge in [0, 0.05) is 12.8 Å². The van der Waals surface area contributed by atoms with Crippen molar-refractivity contribution in [3.63, 3.8) is 0 Å². The van der Waals surface area contributed by atoms with Crippen LogP contribution in [-0.4, -0.2) is 41.4 Å². The van der Waals surface area contributed by atoms with Crippen LogP contribution in [0.2, 0.25) is 0 Å². The van der Waals surface area contributed by atoms with Crippen molar-refractivity contribution >= 4 is 18.0 Å². The summed E-state index contributed by atoms with van der Waals surface area (Å²) < 4.78 is 10.2. The number of ether oxygens (including phenoxy) is 2. The molecule has 0 radical (unpaired) electrons. The zero-order valence-corrected chi connectivity index (χ0v) is 10.4. The second-order valence-electron chi connectivity index (χ2n) is 4.60. The maximum Gasteiger partial charge on any atom is 0.407 e. The molecule has 0 spiro atoms. The lowest BCUT2D eigenvalue weighted by Crippen LogP contribution is -2.43. The van der Waals surface area contributed by atoms with Crippen molar-refractivity contribution in [1.82, 2.24) is 5.32 Å². The van der Waals surface area contributed by atoms with Crippen molar-refractivity contribution in [2.24, 2.45) is 0 Å². The van der Waals surface area contributed by atoms with Gasteiger partial charge in [-0.2, -0.15) is 0 Å². The van der Waals surface area contributed by atoms with Crippen molar-refractivity contribution in [2.75, 3.05) is 6.54 Å². The number of cyclic esters (lactones) is 1. The van der Waals surface area contributed by atoms with Crippen LogP contribution >= 0.6 is 0 Å². The quantitative estimate of drug-likeness (QED) is 0.680. The Kier molecular flexibility index (Phi) is 4.52. The highest BCUT2D eigenvalue weighted by Crippen LogP contribution is 2.21. The van der Waals surface area contributed by atoms with Crippen LogP contribution in [0.4, 0.5) is 4.79 Å². The van der Waals surface area contributed by atoms with Crippen LogP contribution in [0.15, 0.2) is 0 Å². The first-order valence-electron chi connectivity index (χ1n) is 5.69. The van der Waals surface area contributed by atoms with Gasteiger partial charge in [0.25, 0.3) is 0 Å². The van der Waals surface area contributed by atoms with Gasteiger partial charge in [0.1, 0.15) is 5.60 Å². The van der Waals surface area contributed by atoms with E-state index in [0.717, 1.165) is 0 Å². The Morgan fingerprint density at radius 1 is 1.50 bits per heavy atom. The predicted molar refractivity (Wildman–Crippen MR) is 59.9 cm³/mol. The summed E-state index contributed by atoms with van der Waals surface area (Å²) in [4.78, 5) is 32.7. The molecule has 1 rings (SSSR count). The van der Waals surface area contributed by atoms with Crippen LogP contribution in [0.1, 0.15) is 33.1 Å². The Morgan fingerprint density at radius 3 is 2.67 bits per heavy atom. The van der Waals surface area contributed by atoms with E-state index in [2.05, 4.69) is 5.32 Å². The van der Waals surface area contributed by atoms with Crippen molar-refractivity contribution in [3.05, 3.63) is 0 Å². The molecule has 18 heavy (non-hydrogen) atoms. The molecule has 1 heterocycles. The van der Waals surface area contributed by atoms with Gasteiger partial charge in [0.2, 0.25) is 0 Å². The van der Waals surface area contributed by atoms with E-state index in [1.165, 1.54) is 0 Å². The van der Waals surface area contributed by atoms with Crippen LogP contribution in [-0.2, 0) is 19.1 Å². The fourth-order valence-electron chi connectivity index (χ4n) is 1.57. The molecule has 1 atom stereocenters. The summed E-state index contributed by atoms with van der Waals surface area (Å²) in [7, 11) is 0. The number of carboxylic acid groups (broad SMARTS) is 1. The molecule has 0 unspecified atom stereocenters. The molecule has 1 aliphatic heterocycles. The molecule has 0 aliphatic carbocycles. The van der Waals surface area contributed by atoms with Gasteiger partial charge >= 0.3 is 18.0 Å². The number of hydrogen-bond acceptors (Lipinski definition) is 5. The normalized spacial score (nSPS) is 19.0. The standard InChI is InChI=1S/C11H17NO6/c1-11(2,7-6-12-10(16)17-7)18-9(15)5-3-4-8(13)14/h7H,3-6H2,1-2H3,(H,12,16)(H,13,14)/t7-/m0/s1. The molecule has 0 aromatic carbocycles. The summed E-state index contributed by atoms with van der Waals surface area (Å²) >= 11 is 0. The largest absolute Gasteiger partial charge is 0.481 e. The molecule has 0 aromatic heterocycles. The Bertz CT molecular complexity index is 351. The molecule has 0 saturated carbocycles. The molecule has 1 fully saturated rings. The van der Waals surface area contributed by atoms with Gasteiger partial charge in [0.15, 0.2) is 6.10 Å². The lowest BCUT2D eigenvalue weighted by molar-refractivity contribution is -0.165. The van der Waals surface area contributed by atoms with Crippen molar-refractivity contribution in [1.29, 1.82) is 0 Å². The Labute approximate surface area is 104 Å². The highest BCUT2D eigenvalue weighted by atomic mass is 16.6. The van der Waals surface area contributed by atoms with Gasteiger partial charge in [-0.3, -0.25) is 9.59 Å². The fourth-order valence-corrected chi connectivity index (χ4v) is 1.57. The minimum atomic E-state index is -0.948. The van der Waals surface area contributed by atoms with E-state index in [-0.39, 0.29) is 25.8 Å². The minimum Gasteiger partial charge on any atom is -0.481 e. The van der Waals surface area contributed by atoms with Gasteiger partial charge < -0.3 is 19.9 Å². The maximum absolute atomic E-state index is 11.5. The van der Waals surface area contributed by atoms with E-state index in [1.54, 1.807) is 13.8 Å². The summed E-state index contributed by atoms with van der Waals surface area (Å²) in [5.74, 6) is -1.44. The number of carbonyl (C=O) groups is 3. The van der Waals surface area contributed by atoms with Gasteiger partial charge in [0.05, 0.1) is 6.54 Å². The average molecular weight is 259 g/mol. The van der Waals surface area contributed by atoms with Gasteiger partial charge in [-0.1, -0.05) is 0 Å². The summed E-state index contributed by atoms with van der Waals surface area (Å²) in [5.41, 5.74) is -0.931. The number of amides is 1. The van der Waals surface area contributed by atoms with E-state index >= 15 is 0 Å². The van der Waals surface area contributed by atoms with Crippen LogP contribution in [0.5, 0.6) is 0 Å². The molecule has 0 bridgehead atoms. The topological polar surface area (TPSA) is 102 Å². The number of hydrogen-bond donors (Lipinski definition) is 2. The molecule has 7 heteroatoms. The second kappa shape index (κ2) is 5.70. The summed E-state index contributed by atoms with van der Waals surface area (Å²) in [6.45, 7) is 3.58. The third-order valence-electron chi connectivity index (χ3n) is 2.60. The van der Waals surface area contributed by atoms with E-state index in [1.807, 2.05) is 0 Å². The lowest BCUT2D eigenvalue weighted by Gasteiger charge is -2.29. The number of alkyl carbamates (subject to hydrolysis) is 1. The third kappa shape index (κ3) is 4.23. The molecule has 2 N–H and O–H groups in total. The number of carboxylic acids is 1. The summed E-state index contributed by atoms with van der Waals surface area (Å²) in [6.07, 6.45) is -0.879. The number of nitrogens with one attached hydrogen (secondary N) is 1. The predicted octanol–water partition coefficient (Wildman–Crippen LogP) is 0.671. The Balaban J connectivity index is 2.37. The molecule has 1 aliphatic rings. The third-order valence-corrected chi connectivity index (χ3v) is 2.60. The monoisotopic (exact) mass is 259 g/mol. The summed E-state index contributed by atoms with van der Waals surface area (Å²) in [5, 5.41) is 10.9. The average Bonchev–Trinajstić information content (AvgIpc) is 2.64. The molecule has 0 aromatic rings. The molecular formula is C11H17NO6. The molecule has 1 saturated heterocycles. The van der Waals surface area contributed by atoms with Crippen LogP contribution in [0.25, 0.3) is 0 Å². The van der Waals surface area contributed by atoms with E-state index in [9.17, 15) is 14.4 Å². The zero-order chi connectivity index (χ0) is 13.8. The minimum absolute atomic E-state index is 0.0316. The molecular weight excluding hydrogens is 242 g/mol. The first-order valence-corrected chi connectivity index (χ1v) is 5.69. The SMILES string of the molecule is CC(C)(OC(=O)CCCC(=O)O)[C@@H]1CNC(=O)O1. The smallest absolute Gasteiger partial charge is 0.407 e. The highest BCUT2D eigenvalue weighted by Gasteiger charge is 2.40. The van der Waals surface area contributed by atoms with E-state index in [4.69, 9.17) is 14.6 Å². The highest BCUT2D eigenvalue weighted by molar-refractivity contribution is 5.72. The first-order chi connectivity index (χ1) is 8.31. The number of esters is 1.